The Morgan fingerprint density at radius 2 is 2.06 bits per heavy atom. The molecule has 3 aromatic rings. The number of nitrogens with zero attached hydrogens (tertiary/aromatic N) is 6. The highest BCUT2D eigenvalue weighted by atomic mass is 32.2. The Morgan fingerprint density at radius 3 is 2.79 bits per heavy atom. The summed E-state index contributed by atoms with van der Waals surface area (Å²) < 4.78 is 16.1. The van der Waals surface area contributed by atoms with E-state index in [2.05, 4.69) is 67.0 Å². The number of hydrogen-bond acceptors (Lipinski definition) is 9. The molecule has 0 saturated carbocycles. The van der Waals surface area contributed by atoms with Gasteiger partial charge in [0.15, 0.2) is 11.6 Å². The molecule has 34 heavy (non-hydrogen) atoms. The fraction of sp³-hybridized carbons (Fsp3) is 0.333. The van der Waals surface area contributed by atoms with Gasteiger partial charge in [-0.1, -0.05) is 13.0 Å². The molecule has 0 spiro atoms. The van der Waals surface area contributed by atoms with Crippen LogP contribution >= 0.6 is 0 Å². The van der Waals surface area contributed by atoms with Crippen LogP contribution in [0.2, 0.25) is 0 Å². The molecule has 0 unspecified atom stereocenters. The standard InChI is InChI=1S/C24H28N8OS/c1-5-16-11-19(12-17-15-32(2)10-9-20(16)17)27-24-26-14-18(13-25)23(30-24)29-21-7-6-8-22(28-21)31-34(3,4)33/h6-8,11-12,14H,5,9-10,15H2,1-4H3,(H2,26,27,28,29,30). The van der Waals surface area contributed by atoms with Gasteiger partial charge in [0.1, 0.15) is 17.5 Å². The summed E-state index contributed by atoms with van der Waals surface area (Å²) in [6.07, 6.45) is 6.59. The number of nitriles is 1. The lowest BCUT2D eigenvalue weighted by Crippen LogP contribution is -2.27. The Labute approximate surface area is 200 Å². The molecule has 2 aromatic heterocycles. The van der Waals surface area contributed by atoms with Gasteiger partial charge in [-0.15, -0.1) is 0 Å². The van der Waals surface area contributed by atoms with Crippen LogP contribution in [-0.4, -0.2) is 50.2 Å². The second-order valence-corrected chi connectivity index (χ2v) is 11.1. The molecule has 9 nitrogen and oxygen atoms in total. The van der Waals surface area contributed by atoms with Crippen molar-refractivity contribution in [1.82, 2.24) is 19.9 Å². The number of likely N-dealkylation sites (N-methyl/N-ethyl adjacent to an activating group) is 1. The van der Waals surface area contributed by atoms with Crippen LogP contribution in [0.5, 0.6) is 0 Å². The number of rotatable bonds is 6. The summed E-state index contributed by atoms with van der Waals surface area (Å²) in [6.45, 7) is 4.14. The first kappa shape index (κ1) is 23.6. The van der Waals surface area contributed by atoms with Crippen LogP contribution in [0.1, 0.15) is 29.2 Å². The van der Waals surface area contributed by atoms with Crippen molar-refractivity contribution in [2.24, 2.45) is 4.36 Å². The second kappa shape index (κ2) is 9.75. The molecule has 3 heterocycles. The van der Waals surface area contributed by atoms with Crippen molar-refractivity contribution in [3.63, 3.8) is 0 Å². The Hall–Kier alpha value is -3.55. The molecule has 1 aliphatic rings. The van der Waals surface area contributed by atoms with E-state index in [4.69, 9.17) is 0 Å². The fourth-order valence-electron chi connectivity index (χ4n) is 3.96. The number of nitrogens with one attached hydrogen (secondary N) is 2. The average molecular weight is 477 g/mol. The molecular weight excluding hydrogens is 448 g/mol. The third kappa shape index (κ3) is 5.68. The summed E-state index contributed by atoms with van der Waals surface area (Å²) in [4.78, 5) is 15.5. The topological polar surface area (TPSA) is 119 Å². The van der Waals surface area contributed by atoms with E-state index < -0.39 is 9.73 Å². The first-order valence-corrected chi connectivity index (χ1v) is 13.4. The van der Waals surface area contributed by atoms with Gasteiger partial charge in [-0.2, -0.15) is 14.6 Å². The van der Waals surface area contributed by atoms with Gasteiger partial charge in [0.2, 0.25) is 5.95 Å². The molecule has 4 rings (SSSR count). The van der Waals surface area contributed by atoms with Crippen molar-refractivity contribution in [3.8, 4) is 6.07 Å². The molecular formula is C24H28N8OS. The largest absolute Gasteiger partial charge is 0.324 e. The van der Waals surface area contributed by atoms with E-state index in [9.17, 15) is 9.47 Å². The van der Waals surface area contributed by atoms with Crippen molar-refractivity contribution < 1.29 is 4.21 Å². The number of fused-ring (bicyclic) bond motifs is 1. The van der Waals surface area contributed by atoms with Crippen molar-refractivity contribution in [3.05, 3.63) is 58.8 Å². The summed E-state index contributed by atoms with van der Waals surface area (Å²) in [5, 5.41) is 15.9. The van der Waals surface area contributed by atoms with Crippen LogP contribution in [0, 0.1) is 11.3 Å². The van der Waals surface area contributed by atoms with Gasteiger partial charge in [0, 0.05) is 41.0 Å². The van der Waals surface area contributed by atoms with Crippen LogP contribution < -0.4 is 10.6 Å². The third-order valence-electron chi connectivity index (χ3n) is 5.46. The third-order valence-corrected chi connectivity index (χ3v) is 6.09. The van der Waals surface area contributed by atoms with E-state index in [-0.39, 0.29) is 5.56 Å². The first-order valence-electron chi connectivity index (χ1n) is 11.0. The van der Waals surface area contributed by atoms with Crippen molar-refractivity contribution >= 4 is 38.8 Å². The van der Waals surface area contributed by atoms with E-state index in [1.54, 1.807) is 30.7 Å². The van der Waals surface area contributed by atoms with Gasteiger partial charge >= 0.3 is 0 Å². The summed E-state index contributed by atoms with van der Waals surface area (Å²) in [5.41, 5.74) is 5.28. The highest BCUT2D eigenvalue weighted by molar-refractivity contribution is 7.92. The Kier molecular flexibility index (Phi) is 6.77. The maximum atomic E-state index is 12.0. The monoisotopic (exact) mass is 476 g/mol. The van der Waals surface area contributed by atoms with Crippen LogP contribution in [0.15, 0.2) is 40.9 Å². The van der Waals surface area contributed by atoms with Crippen molar-refractivity contribution in [2.75, 3.05) is 36.7 Å². The Bertz CT molecular complexity index is 1380. The zero-order valence-electron chi connectivity index (χ0n) is 19.8. The Balaban J connectivity index is 1.63. The SMILES string of the molecule is CCc1cc(Nc2ncc(C#N)c(Nc3cccc(N=S(C)(C)=O)n3)n2)cc2c1CCN(C)C2. The van der Waals surface area contributed by atoms with E-state index in [1.165, 1.54) is 22.9 Å². The molecule has 0 fully saturated rings. The average Bonchev–Trinajstić information content (AvgIpc) is 2.77. The maximum absolute atomic E-state index is 12.0. The molecule has 1 aliphatic heterocycles. The van der Waals surface area contributed by atoms with Crippen LogP contribution in [-0.2, 0) is 29.1 Å². The van der Waals surface area contributed by atoms with Gasteiger partial charge in [0.05, 0.1) is 6.20 Å². The highest BCUT2D eigenvalue weighted by Gasteiger charge is 2.17. The van der Waals surface area contributed by atoms with E-state index in [1.807, 2.05) is 0 Å². The zero-order chi connectivity index (χ0) is 24.3. The summed E-state index contributed by atoms with van der Waals surface area (Å²) in [5.74, 6) is 1.48. The molecule has 0 amide bonds. The smallest absolute Gasteiger partial charge is 0.229 e. The minimum absolute atomic E-state index is 0.283. The van der Waals surface area contributed by atoms with E-state index in [0.29, 0.717) is 23.4 Å². The quantitative estimate of drug-likeness (QED) is 0.545. The molecule has 0 saturated heterocycles. The minimum atomic E-state index is -2.34. The van der Waals surface area contributed by atoms with Gasteiger partial charge in [0.25, 0.3) is 0 Å². The number of pyridine rings is 1. The lowest BCUT2D eigenvalue weighted by Gasteiger charge is -2.27. The summed E-state index contributed by atoms with van der Waals surface area (Å²) in [6, 6.07) is 11.6. The van der Waals surface area contributed by atoms with Gasteiger partial charge in [-0.05, 0) is 60.8 Å². The predicted octanol–water partition coefficient (Wildman–Crippen LogP) is 4.14. The zero-order valence-corrected chi connectivity index (χ0v) is 20.6. The maximum Gasteiger partial charge on any atom is 0.229 e. The van der Waals surface area contributed by atoms with Gasteiger partial charge < -0.3 is 15.5 Å². The number of aryl methyl sites for hydroxylation is 1. The molecule has 0 atom stereocenters. The van der Waals surface area contributed by atoms with E-state index >= 15 is 0 Å². The first-order chi connectivity index (χ1) is 16.2. The summed E-state index contributed by atoms with van der Waals surface area (Å²) >= 11 is 0. The summed E-state index contributed by atoms with van der Waals surface area (Å²) in [7, 11) is -0.212. The second-order valence-electron chi connectivity index (χ2n) is 8.59. The highest BCUT2D eigenvalue weighted by Crippen LogP contribution is 2.28. The molecule has 2 N–H and O–H groups in total. The van der Waals surface area contributed by atoms with Crippen LogP contribution in [0.4, 0.5) is 29.1 Å². The Morgan fingerprint density at radius 1 is 1.24 bits per heavy atom. The van der Waals surface area contributed by atoms with Crippen LogP contribution in [0.3, 0.4) is 0 Å². The lowest BCUT2D eigenvalue weighted by molar-refractivity contribution is 0.312. The molecule has 0 radical (unpaired) electrons. The lowest BCUT2D eigenvalue weighted by atomic mass is 9.92. The van der Waals surface area contributed by atoms with Crippen molar-refractivity contribution in [1.29, 1.82) is 5.26 Å². The number of benzene rings is 1. The van der Waals surface area contributed by atoms with Crippen molar-refractivity contribution in [2.45, 2.75) is 26.3 Å². The fourth-order valence-corrected chi connectivity index (χ4v) is 4.51. The normalized spacial score (nSPS) is 13.6. The minimum Gasteiger partial charge on any atom is -0.324 e. The molecule has 0 bridgehead atoms. The van der Waals surface area contributed by atoms with E-state index in [0.717, 1.165) is 31.6 Å². The molecule has 0 aliphatic carbocycles. The van der Waals surface area contributed by atoms with Crippen LogP contribution in [0.25, 0.3) is 0 Å². The number of hydrogen-bond donors (Lipinski definition) is 2. The predicted molar refractivity (Wildman–Crippen MR) is 135 cm³/mol. The number of anilines is 4. The van der Waals surface area contributed by atoms with Gasteiger partial charge in [-0.25, -0.2) is 14.2 Å². The molecule has 10 heteroatoms. The van der Waals surface area contributed by atoms with Gasteiger partial charge in [-0.3, -0.25) is 0 Å². The molecule has 176 valence electrons. The molecule has 1 aromatic carbocycles. The number of aromatic nitrogens is 3.